The van der Waals surface area contributed by atoms with Gasteiger partial charge in [0.15, 0.2) is 5.75 Å². The molecule has 8 nitrogen and oxygen atoms in total. The predicted molar refractivity (Wildman–Crippen MR) is 131 cm³/mol. The molecule has 4 rings (SSSR count). The second-order valence-electron chi connectivity index (χ2n) is 7.10. The van der Waals surface area contributed by atoms with E-state index < -0.39 is 28.0 Å². The molecule has 0 saturated carbocycles. The van der Waals surface area contributed by atoms with Crippen molar-refractivity contribution in [3.8, 4) is 5.75 Å². The molecule has 1 N–H and O–H groups in total. The third kappa shape index (κ3) is 5.18. The summed E-state index contributed by atoms with van der Waals surface area (Å²) in [4.78, 5) is 38.4. The van der Waals surface area contributed by atoms with E-state index in [1.165, 1.54) is 48.5 Å². The Balaban J connectivity index is 1.68. The molecule has 35 heavy (non-hydrogen) atoms. The van der Waals surface area contributed by atoms with Crippen LogP contribution < -0.4 is 14.4 Å². The maximum absolute atomic E-state index is 13.0. The lowest BCUT2D eigenvalue weighted by Crippen LogP contribution is -2.54. The molecule has 0 atom stereocenters. The van der Waals surface area contributed by atoms with Crippen molar-refractivity contribution in [2.24, 2.45) is 0 Å². The number of imide groups is 2. The molecule has 1 aliphatic rings. The van der Waals surface area contributed by atoms with Gasteiger partial charge in [0, 0.05) is 5.02 Å². The Morgan fingerprint density at radius 3 is 2.14 bits per heavy atom. The highest BCUT2D eigenvalue weighted by atomic mass is 35.5. The van der Waals surface area contributed by atoms with Crippen molar-refractivity contribution in [3.05, 3.63) is 92.9 Å². The minimum Gasteiger partial charge on any atom is -0.376 e. The number of benzene rings is 3. The van der Waals surface area contributed by atoms with Gasteiger partial charge in [0.05, 0.1) is 15.7 Å². The Morgan fingerprint density at radius 1 is 0.857 bits per heavy atom. The van der Waals surface area contributed by atoms with Crippen LogP contribution in [-0.4, -0.2) is 26.3 Å². The summed E-state index contributed by atoms with van der Waals surface area (Å²) in [5.41, 5.74) is -0.0463. The molecule has 1 aliphatic heterocycles. The molecular formula is C23H13Cl3N2O6S. The van der Waals surface area contributed by atoms with Gasteiger partial charge < -0.3 is 4.18 Å². The molecule has 3 aromatic rings. The highest BCUT2D eigenvalue weighted by molar-refractivity contribution is 7.87. The Hall–Kier alpha value is -3.37. The average Bonchev–Trinajstić information content (AvgIpc) is 2.80. The van der Waals surface area contributed by atoms with Gasteiger partial charge in [0.2, 0.25) is 0 Å². The molecule has 0 aromatic heterocycles. The molecule has 0 aliphatic carbocycles. The zero-order valence-corrected chi connectivity index (χ0v) is 20.5. The fraction of sp³-hybridized carbons (Fsp3) is 0. The number of amides is 4. The zero-order chi connectivity index (χ0) is 25.3. The zero-order valence-electron chi connectivity index (χ0n) is 17.4. The first kappa shape index (κ1) is 24.7. The van der Waals surface area contributed by atoms with Gasteiger partial charge in [-0.25, -0.2) is 9.69 Å². The number of urea groups is 1. The largest absolute Gasteiger partial charge is 0.376 e. The number of anilines is 1. The van der Waals surface area contributed by atoms with Crippen molar-refractivity contribution in [2.45, 2.75) is 4.90 Å². The highest BCUT2D eigenvalue weighted by Crippen LogP contribution is 2.37. The summed E-state index contributed by atoms with van der Waals surface area (Å²) in [5.74, 6) is -2.16. The van der Waals surface area contributed by atoms with E-state index in [9.17, 15) is 22.8 Å². The second-order valence-corrected chi connectivity index (χ2v) is 9.90. The smallest absolute Gasteiger partial charge is 0.339 e. The van der Waals surface area contributed by atoms with Crippen LogP contribution in [0.4, 0.5) is 10.5 Å². The van der Waals surface area contributed by atoms with Gasteiger partial charge in [0.25, 0.3) is 11.8 Å². The maximum atomic E-state index is 13.0. The molecule has 4 amide bonds. The minimum absolute atomic E-state index is 0.103. The number of hydrogen-bond donors (Lipinski definition) is 1. The van der Waals surface area contributed by atoms with Crippen molar-refractivity contribution in [1.29, 1.82) is 0 Å². The summed E-state index contributed by atoms with van der Waals surface area (Å²) in [6.07, 6.45) is 1.16. The van der Waals surface area contributed by atoms with Crippen LogP contribution >= 0.6 is 34.8 Å². The number of carbonyl (C=O) groups is 3. The van der Waals surface area contributed by atoms with Gasteiger partial charge >= 0.3 is 16.1 Å². The molecule has 0 bridgehead atoms. The van der Waals surface area contributed by atoms with Crippen LogP contribution in [-0.2, 0) is 19.7 Å². The number of halogens is 3. The number of hydrogen-bond acceptors (Lipinski definition) is 6. The fourth-order valence-electron chi connectivity index (χ4n) is 3.16. The van der Waals surface area contributed by atoms with Crippen molar-refractivity contribution in [1.82, 2.24) is 5.32 Å². The van der Waals surface area contributed by atoms with Crippen LogP contribution in [0.25, 0.3) is 6.08 Å². The Kier molecular flexibility index (Phi) is 6.86. The van der Waals surface area contributed by atoms with Crippen LogP contribution in [0.1, 0.15) is 5.56 Å². The maximum Gasteiger partial charge on any atom is 0.339 e. The molecule has 178 valence electrons. The van der Waals surface area contributed by atoms with Gasteiger partial charge in [-0.05, 0) is 54.1 Å². The van der Waals surface area contributed by atoms with Gasteiger partial charge in [-0.3, -0.25) is 14.9 Å². The van der Waals surface area contributed by atoms with Gasteiger partial charge in [0.1, 0.15) is 10.5 Å². The van der Waals surface area contributed by atoms with Crippen LogP contribution in [0.5, 0.6) is 5.75 Å². The SMILES string of the molecule is O=C1NC(=O)N(c2cccc(Cl)c2)C(=O)/C1=C/c1cc(Cl)c(OS(=O)(=O)c2ccccc2)c(Cl)c1. The van der Waals surface area contributed by atoms with E-state index >= 15 is 0 Å². The second kappa shape index (κ2) is 9.71. The molecule has 1 saturated heterocycles. The summed E-state index contributed by atoms with van der Waals surface area (Å²) in [6.45, 7) is 0. The normalized spacial score (nSPS) is 15.3. The number of barbiturate groups is 1. The Labute approximate surface area is 214 Å². The van der Waals surface area contributed by atoms with E-state index in [0.717, 1.165) is 11.0 Å². The van der Waals surface area contributed by atoms with Crippen molar-refractivity contribution in [3.63, 3.8) is 0 Å². The predicted octanol–water partition coefficient (Wildman–Crippen LogP) is 5.08. The number of nitrogens with one attached hydrogen (secondary N) is 1. The number of carbonyl (C=O) groups excluding carboxylic acids is 3. The monoisotopic (exact) mass is 550 g/mol. The number of nitrogens with zero attached hydrogens (tertiary/aromatic N) is 1. The molecule has 0 radical (unpaired) electrons. The van der Waals surface area contributed by atoms with E-state index in [1.54, 1.807) is 18.2 Å². The molecule has 12 heteroatoms. The molecular weight excluding hydrogens is 539 g/mol. The first-order valence-electron chi connectivity index (χ1n) is 9.72. The lowest BCUT2D eigenvalue weighted by atomic mass is 10.1. The minimum atomic E-state index is -4.22. The first-order valence-corrected chi connectivity index (χ1v) is 12.3. The summed E-state index contributed by atoms with van der Waals surface area (Å²) < 4.78 is 30.2. The third-order valence-electron chi connectivity index (χ3n) is 4.72. The van der Waals surface area contributed by atoms with E-state index in [1.807, 2.05) is 0 Å². The number of rotatable bonds is 5. The van der Waals surface area contributed by atoms with Crippen LogP contribution in [0.15, 0.2) is 77.2 Å². The summed E-state index contributed by atoms with van der Waals surface area (Å²) in [5, 5.41) is 2.00. The van der Waals surface area contributed by atoms with Crippen LogP contribution in [0, 0.1) is 0 Å². The molecule has 1 heterocycles. The van der Waals surface area contributed by atoms with E-state index in [2.05, 4.69) is 5.32 Å². The molecule has 0 unspecified atom stereocenters. The van der Waals surface area contributed by atoms with E-state index in [-0.39, 0.29) is 42.5 Å². The van der Waals surface area contributed by atoms with Crippen LogP contribution in [0.2, 0.25) is 15.1 Å². The first-order chi connectivity index (χ1) is 16.6. The fourth-order valence-corrected chi connectivity index (χ4v) is 5.00. The quantitative estimate of drug-likeness (QED) is 0.269. The topological polar surface area (TPSA) is 110 Å². The Bertz CT molecular complexity index is 1480. The third-order valence-corrected chi connectivity index (χ3v) is 6.76. The molecule has 1 fully saturated rings. The van der Waals surface area contributed by atoms with Crippen molar-refractivity contribution in [2.75, 3.05) is 4.90 Å². The lowest BCUT2D eigenvalue weighted by molar-refractivity contribution is -0.122. The average molecular weight is 552 g/mol. The Morgan fingerprint density at radius 2 is 1.51 bits per heavy atom. The van der Waals surface area contributed by atoms with Crippen molar-refractivity contribution >= 4 is 74.5 Å². The standard InChI is InChI=1S/C23H13Cl3N2O6S/c24-14-5-4-6-15(12-14)28-22(30)17(21(29)27-23(28)31)9-13-10-18(25)20(19(26)11-13)34-35(32,33)16-7-2-1-3-8-16/h1-12H,(H,27,29,31)/b17-9+. The summed E-state index contributed by atoms with van der Waals surface area (Å²) >= 11 is 18.4. The van der Waals surface area contributed by atoms with E-state index in [4.69, 9.17) is 39.0 Å². The molecule has 0 spiro atoms. The van der Waals surface area contributed by atoms with Crippen LogP contribution in [0.3, 0.4) is 0 Å². The van der Waals surface area contributed by atoms with Gasteiger partial charge in [-0.1, -0.05) is 59.1 Å². The van der Waals surface area contributed by atoms with E-state index in [0.29, 0.717) is 0 Å². The van der Waals surface area contributed by atoms with Gasteiger partial charge in [-0.2, -0.15) is 8.42 Å². The van der Waals surface area contributed by atoms with Gasteiger partial charge in [-0.15, -0.1) is 0 Å². The van der Waals surface area contributed by atoms with Crippen molar-refractivity contribution < 1.29 is 27.0 Å². The molecule has 3 aromatic carbocycles. The summed E-state index contributed by atoms with van der Waals surface area (Å²) in [7, 11) is -4.22. The highest BCUT2D eigenvalue weighted by Gasteiger charge is 2.37. The summed E-state index contributed by atoms with van der Waals surface area (Å²) in [6, 6.07) is 14.9. The lowest BCUT2D eigenvalue weighted by Gasteiger charge is -2.26.